The lowest BCUT2D eigenvalue weighted by Gasteiger charge is -2.02. The minimum Gasteiger partial charge on any atom is -0.355 e. The largest absolute Gasteiger partial charge is 0.355 e. The molecule has 2 N–H and O–H groups in total. The summed E-state index contributed by atoms with van der Waals surface area (Å²) >= 11 is 0. The Bertz CT molecular complexity index is 162. The van der Waals surface area contributed by atoms with Gasteiger partial charge < -0.3 is 10.6 Å². The zero-order chi connectivity index (χ0) is 9.23. The lowest BCUT2D eigenvalue weighted by atomic mass is 10.3. The average Bonchev–Trinajstić information content (AvgIpc) is 2.05. The van der Waals surface area contributed by atoms with Crippen LogP contribution >= 0.6 is 0 Å². The molecule has 12 heavy (non-hydrogen) atoms. The van der Waals surface area contributed by atoms with Gasteiger partial charge in [-0.3, -0.25) is 4.79 Å². The second-order valence-corrected chi connectivity index (χ2v) is 2.39. The fourth-order valence-electron chi connectivity index (χ4n) is 0.754. The van der Waals surface area contributed by atoms with E-state index in [2.05, 4.69) is 10.6 Å². The van der Waals surface area contributed by atoms with Crippen LogP contribution in [0.5, 0.6) is 0 Å². The molecule has 0 aromatic rings. The molecule has 0 bridgehead atoms. The summed E-state index contributed by atoms with van der Waals surface area (Å²) in [7, 11) is 0. The van der Waals surface area contributed by atoms with Crippen LogP contribution in [0.4, 0.5) is 0 Å². The number of nitrogens with one attached hydrogen (secondary N) is 2. The third-order valence-corrected chi connectivity index (χ3v) is 1.30. The Kier molecular flexibility index (Phi) is 7.30. The Morgan fingerprint density at radius 3 is 2.92 bits per heavy atom. The number of unbranched alkanes of at least 4 members (excludes halogenated alkanes) is 1. The summed E-state index contributed by atoms with van der Waals surface area (Å²) in [5.41, 5.74) is 0. The van der Waals surface area contributed by atoms with Crippen LogP contribution in [0, 0.1) is 11.3 Å². The highest BCUT2D eigenvalue weighted by Gasteiger charge is 1.96. The molecule has 0 spiro atoms. The van der Waals surface area contributed by atoms with Crippen LogP contribution in [0.1, 0.15) is 19.8 Å². The molecule has 0 aliphatic rings. The minimum atomic E-state index is 0.00876. The standard InChI is InChI=1S/C8H15N3O/c1-2-11-8(12)7-10-6-4-3-5-9/h10H,2-4,6-7H2,1H3,(H,11,12). The van der Waals surface area contributed by atoms with E-state index in [9.17, 15) is 4.79 Å². The first kappa shape index (κ1) is 10.9. The number of hydrogen-bond acceptors (Lipinski definition) is 3. The first-order valence-electron chi connectivity index (χ1n) is 4.15. The molecule has 0 unspecified atom stereocenters. The van der Waals surface area contributed by atoms with Crippen molar-refractivity contribution in [3.05, 3.63) is 0 Å². The van der Waals surface area contributed by atoms with Gasteiger partial charge >= 0.3 is 0 Å². The van der Waals surface area contributed by atoms with Gasteiger partial charge in [-0.25, -0.2) is 0 Å². The molecular formula is C8H15N3O. The van der Waals surface area contributed by atoms with Gasteiger partial charge in [-0.05, 0) is 19.9 Å². The lowest BCUT2D eigenvalue weighted by Crippen LogP contribution is -2.33. The van der Waals surface area contributed by atoms with Gasteiger partial charge in [0, 0.05) is 13.0 Å². The molecule has 0 aromatic heterocycles. The summed E-state index contributed by atoms with van der Waals surface area (Å²) < 4.78 is 0. The Hall–Kier alpha value is -1.08. The van der Waals surface area contributed by atoms with Gasteiger partial charge in [-0.2, -0.15) is 5.26 Å². The maximum absolute atomic E-state index is 10.8. The first-order valence-corrected chi connectivity index (χ1v) is 4.15. The highest BCUT2D eigenvalue weighted by atomic mass is 16.1. The second kappa shape index (κ2) is 8.02. The van der Waals surface area contributed by atoms with Crippen molar-refractivity contribution in [3.8, 4) is 6.07 Å². The van der Waals surface area contributed by atoms with Crippen LogP contribution < -0.4 is 10.6 Å². The van der Waals surface area contributed by atoms with E-state index in [0.717, 1.165) is 13.0 Å². The predicted molar refractivity (Wildman–Crippen MR) is 46.4 cm³/mol. The van der Waals surface area contributed by atoms with E-state index in [1.165, 1.54) is 0 Å². The Labute approximate surface area is 72.9 Å². The molecule has 4 nitrogen and oxygen atoms in total. The van der Waals surface area contributed by atoms with Gasteiger partial charge in [-0.1, -0.05) is 0 Å². The Balaban J connectivity index is 3.09. The molecule has 0 radical (unpaired) electrons. The smallest absolute Gasteiger partial charge is 0.233 e. The van der Waals surface area contributed by atoms with Crippen molar-refractivity contribution >= 4 is 5.91 Å². The fourth-order valence-corrected chi connectivity index (χ4v) is 0.754. The molecule has 0 fully saturated rings. The van der Waals surface area contributed by atoms with Gasteiger partial charge in [0.1, 0.15) is 0 Å². The number of amides is 1. The number of carbonyl (C=O) groups excluding carboxylic acids is 1. The Morgan fingerprint density at radius 2 is 2.33 bits per heavy atom. The van der Waals surface area contributed by atoms with Crippen LogP contribution in [-0.2, 0) is 4.79 Å². The summed E-state index contributed by atoms with van der Waals surface area (Å²) in [6.45, 7) is 3.62. The van der Waals surface area contributed by atoms with Gasteiger partial charge in [0.25, 0.3) is 0 Å². The third-order valence-electron chi connectivity index (χ3n) is 1.30. The minimum absolute atomic E-state index is 0.00876. The van der Waals surface area contributed by atoms with Crippen molar-refractivity contribution in [1.82, 2.24) is 10.6 Å². The topological polar surface area (TPSA) is 64.9 Å². The number of nitrogens with zero attached hydrogens (tertiary/aromatic N) is 1. The van der Waals surface area contributed by atoms with Crippen LogP contribution in [0.3, 0.4) is 0 Å². The zero-order valence-corrected chi connectivity index (χ0v) is 7.39. The van der Waals surface area contributed by atoms with Crippen molar-refractivity contribution in [2.24, 2.45) is 0 Å². The number of likely N-dealkylation sites (N-methyl/N-ethyl adjacent to an activating group) is 1. The molecule has 0 saturated carbocycles. The molecule has 1 amide bonds. The maximum Gasteiger partial charge on any atom is 0.233 e. The van der Waals surface area contributed by atoms with Crippen LogP contribution in [0.2, 0.25) is 0 Å². The maximum atomic E-state index is 10.8. The quantitative estimate of drug-likeness (QED) is 0.551. The van der Waals surface area contributed by atoms with Crippen LogP contribution in [0.25, 0.3) is 0 Å². The van der Waals surface area contributed by atoms with E-state index in [1.54, 1.807) is 0 Å². The molecule has 0 atom stereocenters. The van der Waals surface area contributed by atoms with Crippen LogP contribution in [0.15, 0.2) is 0 Å². The summed E-state index contributed by atoms with van der Waals surface area (Å²) in [5.74, 6) is 0.00876. The molecule has 0 aliphatic carbocycles. The Morgan fingerprint density at radius 1 is 1.58 bits per heavy atom. The SMILES string of the molecule is CCNC(=O)CNCCCC#N. The average molecular weight is 169 g/mol. The van der Waals surface area contributed by atoms with E-state index in [0.29, 0.717) is 19.5 Å². The predicted octanol–water partition coefficient (Wildman–Crippen LogP) is 0.0159. The number of hydrogen-bond donors (Lipinski definition) is 2. The summed E-state index contributed by atoms with van der Waals surface area (Å²) in [4.78, 5) is 10.8. The normalized spacial score (nSPS) is 9.00. The molecule has 4 heteroatoms. The number of nitriles is 1. The number of carbonyl (C=O) groups is 1. The summed E-state index contributed by atoms with van der Waals surface area (Å²) in [6.07, 6.45) is 1.35. The highest BCUT2D eigenvalue weighted by molar-refractivity contribution is 5.77. The molecule has 0 heterocycles. The molecule has 0 aliphatic heterocycles. The van der Waals surface area contributed by atoms with Crippen molar-refractivity contribution in [2.75, 3.05) is 19.6 Å². The van der Waals surface area contributed by atoms with Crippen molar-refractivity contribution in [2.45, 2.75) is 19.8 Å². The molecule has 68 valence electrons. The van der Waals surface area contributed by atoms with Crippen molar-refractivity contribution in [3.63, 3.8) is 0 Å². The van der Waals surface area contributed by atoms with E-state index >= 15 is 0 Å². The highest BCUT2D eigenvalue weighted by Crippen LogP contribution is 1.81. The first-order chi connectivity index (χ1) is 5.81. The third kappa shape index (κ3) is 7.03. The number of rotatable bonds is 6. The molecular weight excluding hydrogens is 154 g/mol. The molecule has 0 aromatic carbocycles. The van der Waals surface area contributed by atoms with Crippen LogP contribution in [-0.4, -0.2) is 25.5 Å². The molecule has 0 saturated heterocycles. The molecule has 0 rings (SSSR count). The van der Waals surface area contributed by atoms with Crippen molar-refractivity contribution < 1.29 is 4.79 Å². The van der Waals surface area contributed by atoms with E-state index in [4.69, 9.17) is 5.26 Å². The second-order valence-electron chi connectivity index (χ2n) is 2.39. The monoisotopic (exact) mass is 169 g/mol. The van der Waals surface area contributed by atoms with Crippen molar-refractivity contribution in [1.29, 1.82) is 5.26 Å². The lowest BCUT2D eigenvalue weighted by molar-refractivity contribution is -0.120. The fraction of sp³-hybridized carbons (Fsp3) is 0.750. The van der Waals surface area contributed by atoms with Gasteiger partial charge in [0.05, 0.1) is 12.6 Å². The van der Waals surface area contributed by atoms with E-state index in [1.807, 2.05) is 13.0 Å². The van der Waals surface area contributed by atoms with Gasteiger partial charge in [0.15, 0.2) is 0 Å². The zero-order valence-electron chi connectivity index (χ0n) is 7.39. The van der Waals surface area contributed by atoms with Gasteiger partial charge in [0.2, 0.25) is 5.91 Å². The summed E-state index contributed by atoms with van der Waals surface area (Å²) in [5, 5.41) is 13.8. The summed E-state index contributed by atoms with van der Waals surface area (Å²) in [6, 6.07) is 2.04. The van der Waals surface area contributed by atoms with Gasteiger partial charge in [-0.15, -0.1) is 0 Å². The van der Waals surface area contributed by atoms with E-state index in [-0.39, 0.29) is 5.91 Å². The van der Waals surface area contributed by atoms with E-state index < -0.39 is 0 Å².